The van der Waals surface area contributed by atoms with Crippen LogP contribution in [0, 0.1) is 0 Å². The van der Waals surface area contributed by atoms with Gasteiger partial charge in [-0.15, -0.1) is 0 Å². The average molecular weight is 246 g/mol. The summed E-state index contributed by atoms with van der Waals surface area (Å²) in [6.07, 6.45) is 1.67. The molecule has 1 heterocycles. The number of benzene rings is 1. The number of rotatable bonds is 4. The van der Waals surface area contributed by atoms with Crippen molar-refractivity contribution in [2.24, 2.45) is 0 Å². The Kier molecular flexibility index (Phi) is 3.62. The zero-order valence-corrected chi connectivity index (χ0v) is 10.3. The number of carbonyl (C=O) groups excluding carboxylic acids is 1. The van der Waals surface area contributed by atoms with Crippen molar-refractivity contribution in [3.8, 4) is 5.75 Å². The van der Waals surface area contributed by atoms with Crippen LogP contribution in [0.1, 0.15) is 0 Å². The first kappa shape index (κ1) is 12.2. The minimum Gasteiger partial charge on any atom is -0.496 e. The van der Waals surface area contributed by atoms with E-state index < -0.39 is 0 Å². The molecule has 2 aromatic rings. The van der Waals surface area contributed by atoms with E-state index in [0.29, 0.717) is 5.82 Å². The number of nitrogens with one attached hydrogen (secondary N) is 1. The maximum Gasteiger partial charge on any atom is 0.325 e. The average Bonchev–Trinajstić information content (AvgIpc) is 2.43. The zero-order valence-electron chi connectivity index (χ0n) is 10.3. The molecule has 0 radical (unpaired) electrons. The SMILES string of the molecule is COC(=O)CNc1nccc2c(OC)cccc12. The van der Waals surface area contributed by atoms with Crippen LogP contribution in [0.2, 0.25) is 0 Å². The molecule has 5 heteroatoms. The Hall–Kier alpha value is -2.30. The molecule has 0 aliphatic rings. The van der Waals surface area contributed by atoms with Crippen molar-refractivity contribution >= 4 is 22.6 Å². The van der Waals surface area contributed by atoms with Gasteiger partial charge in [0.25, 0.3) is 0 Å². The smallest absolute Gasteiger partial charge is 0.325 e. The molecule has 0 amide bonds. The Bertz CT molecular complexity index is 569. The molecule has 0 aliphatic carbocycles. The first-order valence-electron chi connectivity index (χ1n) is 5.48. The van der Waals surface area contributed by atoms with Crippen molar-refractivity contribution in [1.82, 2.24) is 4.98 Å². The Morgan fingerprint density at radius 2 is 2.11 bits per heavy atom. The van der Waals surface area contributed by atoms with Gasteiger partial charge < -0.3 is 14.8 Å². The summed E-state index contributed by atoms with van der Waals surface area (Å²) in [7, 11) is 2.97. The number of fused-ring (bicyclic) bond motifs is 1. The lowest BCUT2D eigenvalue weighted by molar-refractivity contribution is -0.138. The van der Waals surface area contributed by atoms with Gasteiger partial charge in [-0.25, -0.2) is 4.98 Å². The molecule has 0 atom stereocenters. The van der Waals surface area contributed by atoms with Crippen LogP contribution in [0.5, 0.6) is 5.75 Å². The summed E-state index contributed by atoms with van der Waals surface area (Å²) in [6, 6.07) is 7.56. The third-order valence-electron chi connectivity index (χ3n) is 2.61. The van der Waals surface area contributed by atoms with E-state index in [0.717, 1.165) is 16.5 Å². The highest BCUT2D eigenvalue weighted by molar-refractivity contribution is 5.96. The highest BCUT2D eigenvalue weighted by Crippen LogP contribution is 2.28. The number of aromatic nitrogens is 1. The molecule has 18 heavy (non-hydrogen) atoms. The second-order valence-corrected chi connectivity index (χ2v) is 3.64. The van der Waals surface area contributed by atoms with Crippen LogP contribution >= 0.6 is 0 Å². The molecule has 1 N–H and O–H groups in total. The van der Waals surface area contributed by atoms with Gasteiger partial charge >= 0.3 is 5.97 Å². The lowest BCUT2D eigenvalue weighted by Crippen LogP contribution is -2.15. The first-order chi connectivity index (χ1) is 8.76. The summed E-state index contributed by atoms with van der Waals surface area (Å²) in [5, 5.41) is 4.80. The Balaban J connectivity index is 2.36. The number of ether oxygens (including phenoxy) is 2. The van der Waals surface area contributed by atoms with Gasteiger partial charge in [-0.3, -0.25) is 4.79 Å². The van der Waals surface area contributed by atoms with E-state index in [1.54, 1.807) is 13.3 Å². The molecule has 1 aromatic carbocycles. The zero-order chi connectivity index (χ0) is 13.0. The van der Waals surface area contributed by atoms with E-state index in [1.165, 1.54) is 7.11 Å². The van der Waals surface area contributed by atoms with E-state index in [1.807, 2.05) is 24.3 Å². The van der Waals surface area contributed by atoms with Gasteiger partial charge in [0.15, 0.2) is 0 Å². The summed E-state index contributed by atoms with van der Waals surface area (Å²) in [4.78, 5) is 15.3. The molecular formula is C13H14N2O3. The monoisotopic (exact) mass is 246 g/mol. The molecule has 0 bridgehead atoms. The Labute approximate surface area is 105 Å². The fourth-order valence-electron chi connectivity index (χ4n) is 1.73. The van der Waals surface area contributed by atoms with E-state index >= 15 is 0 Å². The minimum absolute atomic E-state index is 0.0832. The van der Waals surface area contributed by atoms with E-state index in [-0.39, 0.29) is 12.5 Å². The van der Waals surface area contributed by atoms with Crippen molar-refractivity contribution in [3.63, 3.8) is 0 Å². The molecule has 0 spiro atoms. The predicted molar refractivity (Wildman–Crippen MR) is 68.8 cm³/mol. The molecule has 0 saturated heterocycles. The van der Waals surface area contributed by atoms with Crippen molar-refractivity contribution in [2.45, 2.75) is 0 Å². The third-order valence-corrected chi connectivity index (χ3v) is 2.61. The quantitative estimate of drug-likeness (QED) is 0.834. The molecule has 2 rings (SSSR count). The highest BCUT2D eigenvalue weighted by atomic mass is 16.5. The Morgan fingerprint density at radius 1 is 1.28 bits per heavy atom. The number of anilines is 1. The van der Waals surface area contributed by atoms with E-state index in [2.05, 4.69) is 15.0 Å². The van der Waals surface area contributed by atoms with Gasteiger partial charge in [0.1, 0.15) is 18.1 Å². The largest absolute Gasteiger partial charge is 0.496 e. The molecule has 0 aliphatic heterocycles. The van der Waals surface area contributed by atoms with Crippen molar-refractivity contribution < 1.29 is 14.3 Å². The predicted octanol–water partition coefficient (Wildman–Crippen LogP) is 1.83. The number of nitrogens with zero attached hydrogens (tertiary/aromatic N) is 1. The maximum atomic E-state index is 11.1. The second-order valence-electron chi connectivity index (χ2n) is 3.64. The molecule has 5 nitrogen and oxygen atoms in total. The molecule has 1 aromatic heterocycles. The van der Waals surface area contributed by atoms with Crippen LogP contribution in [-0.4, -0.2) is 31.7 Å². The van der Waals surface area contributed by atoms with Crippen molar-refractivity contribution in [1.29, 1.82) is 0 Å². The van der Waals surface area contributed by atoms with Crippen LogP contribution in [0.3, 0.4) is 0 Å². The third kappa shape index (κ3) is 2.34. The molecule has 0 fully saturated rings. The van der Waals surface area contributed by atoms with Crippen LogP contribution < -0.4 is 10.1 Å². The van der Waals surface area contributed by atoms with Crippen LogP contribution in [0.4, 0.5) is 5.82 Å². The van der Waals surface area contributed by atoms with Crippen molar-refractivity contribution in [3.05, 3.63) is 30.5 Å². The van der Waals surface area contributed by atoms with Crippen LogP contribution in [-0.2, 0) is 9.53 Å². The topological polar surface area (TPSA) is 60.5 Å². The summed E-state index contributed by atoms with van der Waals surface area (Å²) in [5.41, 5.74) is 0. The number of hydrogen-bond acceptors (Lipinski definition) is 5. The summed E-state index contributed by atoms with van der Waals surface area (Å²) in [6.45, 7) is 0.0832. The van der Waals surface area contributed by atoms with Gasteiger partial charge in [-0.2, -0.15) is 0 Å². The fourth-order valence-corrected chi connectivity index (χ4v) is 1.73. The van der Waals surface area contributed by atoms with E-state index in [4.69, 9.17) is 4.74 Å². The van der Waals surface area contributed by atoms with Gasteiger partial charge in [0, 0.05) is 17.0 Å². The van der Waals surface area contributed by atoms with Gasteiger partial charge in [0.05, 0.1) is 14.2 Å². The van der Waals surface area contributed by atoms with Crippen molar-refractivity contribution in [2.75, 3.05) is 26.1 Å². The van der Waals surface area contributed by atoms with Gasteiger partial charge in [-0.05, 0) is 12.1 Å². The number of pyridine rings is 1. The van der Waals surface area contributed by atoms with E-state index in [9.17, 15) is 4.79 Å². The number of methoxy groups -OCH3 is 2. The number of carbonyl (C=O) groups is 1. The van der Waals surface area contributed by atoms with Gasteiger partial charge in [0.2, 0.25) is 0 Å². The first-order valence-corrected chi connectivity index (χ1v) is 5.48. The van der Waals surface area contributed by atoms with Gasteiger partial charge in [-0.1, -0.05) is 12.1 Å². The Morgan fingerprint density at radius 3 is 2.83 bits per heavy atom. The second kappa shape index (κ2) is 5.35. The summed E-state index contributed by atoms with van der Waals surface area (Å²) in [5.74, 6) is 1.07. The lowest BCUT2D eigenvalue weighted by Gasteiger charge is -2.09. The van der Waals surface area contributed by atoms with Crippen LogP contribution in [0.15, 0.2) is 30.5 Å². The molecule has 94 valence electrons. The lowest BCUT2D eigenvalue weighted by atomic mass is 10.1. The number of esters is 1. The maximum absolute atomic E-state index is 11.1. The molecule has 0 saturated carbocycles. The summed E-state index contributed by atoms with van der Waals surface area (Å²) >= 11 is 0. The van der Waals surface area contributed by atoms with Crippen LogP contribution in [0.25, 0.3) is 10.8 Å². The standard InChI is InChI=1S/C13H14N2O3/c1-17-11-5-3-4-10-9(11)6-7-14-13(10)15-8-12(16)18-2/h3-7H,8H2,1-2H3,(H,14,15). The highest BCUT2D eigenvalue weighted by Gasteiger charge is 2.07. The summed E-state index contributed by atoms with van der Waals surface area (Å²) < 4.78 is 9.86. The molecular weight excluding hydrogens is 232 g/mol. The minimum atomic E-state index is -0.336. The fraction of sp³-hybridized carbons (Fsp3) is 0.231. The molecule has 0 unspecified atom stereocenters. The normalized spacial score (nSPS) is 10.1. The number of hydrogen-bond donors (Lipinski definition) is 1.